The maximum absolute atomic E-state index is 4.36. The van der Waals surface area contributed by atoms with Gasteiger partial charge < -0.3 is 0 Å². The Bertz CT molecular complexity index is 422. The fourth-order valence-corrected chi connectivity index (χ4v) is 2.79. The molecule has 0 spiro atoms. The van der Waals surface area contributed by atoms with Gasteiger partial charge in [-0.1, -0.05) is 12.1 Å². The molecule has 1 aromatic carbocycles. The molecule has 0 aliphatic heterocycles. The highest BCUT2D eigenvalue weighted by molar-refractivity contribution is 9.10. The Kier molecular flexibility index (Phi) is 3.26. The van der Waals surface area contributed by atoms with Crippen LogP contribution in [-0.4, -0.2) is 11.2 Å². The lowest BCUT2D eigenvalue weighted by atomic mass is 10.2. The zero-order chi connectivity index (χ0) is 9.97. The van der Waals surface area contributed by atoms with Gasteiger partial charge in [0.05, 0.1) is 0 Å². The number of halogens is 1. The van der Waals surface area contributed by atoms with Crippen molar-refractivity contribution in [1.29, 1.82) is 0 Å². The molecule has 4 heteroatoms. The third kappa shape index (κ3) is 2.19. The second-order valence-electron chi connectivity index (χ2n) is 2.70. The van der Waals surface area contributed by atoms with Gasteiger partial charge in [-0.3, -0.25) is 0 Å². The summed E-state index contributed by atoms with van der Waals surface area (Å²) in [6.45, 7) is 0. The number of hydrogen-bond acceptors (Lipinski definition) is 3. The number of rotatable bonds is 2. The van der Waals surface area contributed by atoms with Crippen molar-refractivity contribution in [3.05, 3.63) is 34.2 Å². The SMILES string of the molecule is CSc1ccc(-c2nc(Br)cs2)cc1. The highest BCUT2D eigenvalue weighted by Crippen LogP contribution is 2.27. The second kappa shape index (κ2) is 4.47. The van der Waals surface area contributed by atoms with Gasteiger partial charge in [-0.25, -0.2) is 4.98 Å². The number of hydrogen-bond donors (Lipinski definition) is 0. The molecular formula is C10H8BrNS2. The molecule has 0 amide bonds. The molecule has 1 heterocycles. The molecular weight excluding hydrogens is 278 g/mol. The van der Waals surface area contributed by atoms with Crippen LogP contribution in [0.15, 0.2) is 39.1 Å². The first-order valence-corrected chi connectivity index (χ1v) is 6.95. The summed E-state index contributed by atoms with van der Waals surface area (Å²) in [4.78, 5) is 5.65. The molecule has 0 atom stereocenters. The summed E-state index contributed by atoms with van der Waals surface area (Å²) in [7, 11) is 0. The van der Waals surface area contributed by atoms with Gasteiger partial charge in [0.2, 0.25) is 0 Å². The van der Waals surface area contributed by atoms with Crippen molar-refractivity contribution in [1.82, 2.24) is 4.98 Å². The molecule has 0 N–H and O–H groups in total. The van der Waals surface area contributed by atoms with Gasteiger partial charge in [0, 0.05) is 15.8 Å². The van der Waals surface area contributed by atoms with Crippen molar-refractivity contribution in [2.75, 3.05) is 6.26 Å². The van der Waals surface area contributed by atoms with E-state index in [9.17, 15) is 0 Å². The van der Waals surface area contributed by atoms with E-state index in [-0.39, 0.29) is 0 Å². The van der Waals surface area contributed by atoms with E-state index in [0.717, 1.165) is 9.61 Å². The Hall–Kier alpha value is -0.320. The average Bonchev–Trinajstić information content (AvgIpc) is 2.65. The molecule has 72 valence electrons. The van der Waals surface area contributed by atoms with E-state index in [0.29, 0.717) is 0 Å². The smallest absolute Gasteiger partial charge is 0.124 e. The van der Waals surface area contributed by atoms with Crippen LogP contribution in [0.4, 0.5) is 0 Å². The lowest BCUT2D eigenvalue weighted by Gasteiger charge is -1.97. The van der Waals surface area contributed by atoms with E-state index < -0.39 is 0 Å². The van der Waals surface area contributed by atoms with Gasteiger partial charge in [0.15, 0.2) is 0 Å². The Morgan fingerprint density at radius 3 is 2.50 bits per heavy atom. The number of benzene rings is 1. The zero-order valence-corrected chi connectivity index (χ0v) is 10.7. The van der Waals surface area contributed by atoms with Crippen molar-refractivity contribution in [2.45, 2.75) is 4.90 Å². The summed E-state index contributed by atoms with van der Waals surface area (Å²) in [6.07, 6.45) is 2.08. The lowest BCUT2D eigenvalue weighted by molar-refractivity contribution is 1.35. The maximum atomic E-state index is 4.36. The van der Waals surface area contributed by atoms with E-state index in [1.54, 1.807) is 23.1 Å². The highest BCUT2D eigenvalue weighted by Gasteiger charge is 2.02. The van der Waals surface area contributed by atoms with Crippen LogP contribution in [0, 0.1) is 0 Å². The Morgan fingerprint density at radius 2 is 2.00 bits per heavy atom. The molecule has 0 unspecified atom stereocenters. The first kappa shape index (κ1) is 10.2. The molecule has 0 saturated heterocycles. The molecule has 0 aliphatic carbocycles. The summed E-state index contributed by atoms with van der Waals surface area (Å²) in [5, 5.41) is 3.06. The fraction of sp³-hybridized carbons (Fsp3) is 0.100. The maximum Gasteiger partial charge on any atom is 0.124 e. The van der Waals surface area contributed by atoms with Crippen LogP contribution >= 0.6 is 39.0 Å². The first-order valence-electron chi connectivity index (χ1n) is 4.05. The summed E-state index contributed by atoms with van der Waals surface area (Å²) in [5.41, 5.74) is 1.18. The third-order valence-electron chi connectivity index (χ3n) is 1.81. The van der Waals surface area contributed by atoms with Crippen LogP contribution in [0.25, 0.3) is 10.6 Å². The number of aromatic nitrogens is 1. The topological polar surface area (TPSA) is 12.9 Å². The average molecular weight is 286 g/mol. The Labute approximate surface area is 99.7 Å². The molecule has 14 heavy (non-hydrogen) atoms. The molecule has 0 saturated carbocycles. The monoisotopic (exact) mass is 285 g/mol. The minimum atomic E-state index is 0.909. The molecule has 0 aliphatic rings. The predicted molar refractivity (Wildman–Crippen MR) is 67.0 cm³/mol. The van der Waals surface area contributed by atoms with Gasteiger partial charge in [0.1, 0.15) is 9.61 Å². The number of thiazole rings is 1. The first-order chi connectivity index (χ1) is 6.79. The van der Waals surface area contributed by atoms with Gasteiger partial charge in [-0.2, -0.15) is 0 Å². The highest BCUT2D eigenvalue weighted by atomic mass is 79.9. The van der Waals surface area contributed by atoms with Crippen molar-refractivity contribution in [3.63, 3.8) is 0 Å². The van der Waals surface area contributed by atoms with Crippen molar-refractivity contribution >= 4 is 39.0 Å². The van der Waals surface area contributed by atoms with E-state index >= 15 is 0 Å². The molecule has 2 rings (SSSR count). The molecule has 0 bridgehead atoms. The van der Waals surface area contributed by atoms with Crippen LogP contribution < -0.4 is 0 Å². The summed E-state index contributed by atoms with van der Waals surface area (Å²) < 4.78 is 0.909. The van der Waals surface area contributed by atoms with Gasteiger partial charge in [-0.15, -0.1) is 23.1 Å². The Morgan fingerprint density at radius 1 is 1.29 bits per heavy atom. The molecule has 2 aromatic rings. The van der Waals surface area contributed by atoms with Crippen molar-refractivity contribution in [3.8, 4) is 10.6 Å². The van der Waals surface area contributed by atoms with Crippen molar-refractivity contribution in [2.24, 2.45) is 0 Å². The van der Waals surface area contributed by atoms with Gasteiger partial charge in [0.25, 0.3) is 0 Å². The second-order valence-corrected chi connectivity index (χ2v) is 5.25. The standard InChI is InChI=1S/C10H8BrNS2/c1-13-8-4-2-7(3-5-8)10-12-9(11)6-14-10/h2-6H,1H3. The summed E-state index contributed by atoms with van der Waals surface area (Å²) >= 11 is 6.76. The van der Waals surface area contributed by atoms with Crippen LogP contribution in [0.2, 0.25) is 0 Å². The third-order valence-corrected chi connectivity index (χ3v) is 4.16. The molecule has 1 nitrogen and oxygen atoms in total. The van der Waals surface area contributed by atoms with E-state index in [1.807, 2.05) is 5.38 Å². The molecule has 0 fully saturated rings. The fourth-order valence-electron chi connectivity index (χ4n) is 1.12. The van der Waals surface area contributed by atoms with Crippen molar-refractivity contribution < 1.29 is 0 Å². The summed E-state index contributed by atoms with van der Waals surface area (Å²) in [5.74, 6) is 0. The largest absolute Gasteiger partial charge is 0.229 e. The zero-order valence-electron chi connectivity index (χ0n) is 7.53. The van der Waals surface area contributed by atoms with Crippen LogP contribution in [0.1, 0.15) is 0 Å². The van der Waals surface area contributed by atoms with E-state index in [1.165, 1.54) is 10.5 Å². The van der Waals surface area contributed by atoms with Crippen LogP contribution in [0.3, 0.4) is 0 Å². The summed E-state index contributed by atoms with van der Waals surface area (Å²) in [6, 6.07) is 8.46. The van der Waals surface area contributed by atoms with E-state index in [2.05, 4.69) is 51.4 Å². The normalized spacial score (nSPS) is 10.4. The van der Waals surface area contributed by atoms with Crippen LogP contribution in [-0.2, 0) is 0 Å². The number of thioether (sulfide) groups is 1. The van der Waals surface area contributed by atoms with Gasteiger partial charge >= 0.3 is 0 Å². The Balaban J connectivity index is 2.33. The molecule has 0 radical (unpaired) electrons. The number of nitrogens with zero attached hydrogens (tertiary/aromatic N) is 1. The van der Waals surface area contributed by atoms with E-state index in [4.69, 9.17) is 0 Å². The quantitative estimate of drug-likeness (QED) is 0.764. The molecule has 1 aromatic heterocycles. The minimum Gasteiger partial charge on any atom is -0.229 e. The van der Waals surface area contributed by atoms with Gasteiger partial charge in [-0.05, 0) is 34.3 Å². The minimum absolute atomic E-state index is 0.909. The van der Waals surface area contributed by atoms with Crippen LogP contribution in [0.5, 0.6) is 0 Å². The predicted octanol–water partition coefficient (Wildman–Crippen LogP) is 4.29. The lowest BCUT2D eigenvalue weighted by Crippen LogP contribution is -1.75.